The van der Waals surface area contributed by atoms with Gasteiger partial charge in [-0.15, -0.1) is 11.3 Å². The third kappa shape index (κ3) is 2.82. The second kappa shape index (κ2) is 5.44. The van der Waals surface area contributed by atoms with Crippen LogP contribution in [-0.4, -0.2) is 22.7 Å². The molecule has 0 atom stereocenters. The minimum Gasteiger partial charge on any atom is -0.461 e. The van der Waals surface area contributed by atoms with Crippen molar-refractivity contribution in [2.45, 2.75) is 13.5 Å². The molecule has 0 saturated carbocycles. The van der Waals surface area contributed by atoms with Gasteiger partial charge >= 0.3 is 5.97 Å². The van der Waals surface area contributed by atoms with Gasteiger partial charge in [0, 0.05) is 6.07 Å². The maximum atomic E-state index is 11.5. The van der Waals surface area contributed by atoms with Crippen LogP contribution in [0.1, 0.15) is 23.2 Å². The van der Waals surface area contributed by atoms with Gasteiger partial charge in [-0.3, -0.25) is 0 Å². The monoisotopic (exact) mass is 253 g/mol. The number of nitrogens with one attached hydrogen (secondary N) is 1. The van der Waals surface area contributed by atoms with Crippen molar-refractivity contribution in [1.29, 1.82) is 0 Å². The summed E-state index contributed by atoms with van der Waals surface area (Å²) in [4.78, 5) is 15.5. The highest BCUT2D eigenvalue weighted by atomic mass is 32.1. The zero-order valence-corrected chi connectivity index (χ0v) is 9.99. The standard InChI is InChI=1S/C10H11N3O3S/c1-2-15-10(14)8-9(17-6-12-8)11-5-7-3-4-13-16-7/h3-4,6,11H,2,5H2,1H3. The van der Waals surface area contributed by atoms with Crippen LogP contribution in [0.25, 0.3) is 0 Å². The van der Waals surface area contributed by atoms with Gasteiger partial charge in [-0.25, -0.2) is 9.78 Å². The predicted molar refractivity (Wildman–Crippen MR) is 61.9 cm³/mol. The lowest BCUT2D eigenvalue weighted by Gasteiger charge is -2.03. The van der Waals surface area contributed by atoms with E-state index in [-0.39, 0.29) is 0 Å². The Morgan fingerprint density at radius 2 is 2.53 bits per heavy atom. The summed E-state index contributed by atoms with van der Waals surface area (Å²) in [6.45, 7) is 2.54. The van der Waals surface area contributed by atoms with E-state index in [1.807, 2.05) is 0 Å². The van der Waals surface area contributed by atoms with Gasteiger partial charge in [-0.1, -0.05) is 5.16 Å². The first-order chi connectivity index (χ1) is 8.31. The van der Waals surface area contributed by atoms with Crippen molar-refractivity contribution in [3.05, 3.63) is 29.2 Å². The molecule has 17 heavy (non-hydrogen) atoms. The first kappa shape index (κ1) is 11.6. The lowest BCUT2D eigenvalue weighted by atomic mass is 10.4. The largest absolute Gasteiger partial charge is 0.461 e. The van der Waals surface area contributed by atoms with Crippen LogP contribution in [0, 0.1) is 0 Å². The average molecular weight is 253 g/mol. The molecule has 2 heterocycles. The summed E-state index contributed by atoms with van der Waals surface area (Å²) in [5.74, 6) is 0.266. The van der Waals surface area contributed by atoms with Crippen molar-refractivity contribution in [3.8, 4) is 0 Å². The van der Waals surface area contributed by atoms with Gasteiger partial charge < -0.3 is 14.6 Å². The van der Waals surface area contributed by atoms with Crippen LogP contribution < -0.4 is 5.32 Å². The third-order valence-electron chi connectivity index (χ3n) is 1.95. The molecule has 0 saturated heterocycles. The van der Waals surface area contributed by atoms with Crippen molar-refractivity contribution >= 4 is 22.3 Å². The van der Waals surface area contributed by atoms with Gasteiger partial charge in [0.05, 0.1) is 24.9 Å². The van der Waals surface area contributed by atoms with E-state index in [4.69, 9.17) is 9.26 Å². The summed E-state index contributed by atoms with van der Waals surface area (Å²) in [7, 11) is 0. The number of aromatic nitrogens is 2. The molecule has 2 aromatic rings. The molecule has 7 heteroatoms. The molecule has 0 aliphatic heterocycles. The molecule has 0 aromatic carbocycles. The van der Waals surface area contributed by atoms with Gasteiger partial charge in [-0.2, -0.15) is 0 Å². The molecule has 6 nitrogen and oxygen atoms in total. The lowest BCUT2D eigenvalue weighted by molar-refractivity contribution is 0.0521. The van der Waals surface area contributed by atoms with Crippen molar-refractivity contribution in [2.24, 2.45) is 0 Å². The molecule has 0 fully saturated rings. The SMILES string of the molecule is CCOC(=O)c1ncsc1NCc1ccno1. The number of ether oxygens (including phenoxy) is 1. The molecule has 0 radical (unpaired) electrons. The number of anilines is 1. The molecule has 0 amide bonds. The maximum absolute atomic E-state index is 11.5. The van der Waals surface area contributed by atoms with Crippen molar-refractivity contribution in [2.75, 3.05) is 11.9 Å². The molecule has 0 unspecified atom stereocenters. The van der Waals surface area contributed by atoms with E-state index < -0.39 is 5.97 Å². The highest BCUT2D eigenvalue weighted by Gasteiger charge is 2.15. The van der Waals surface area contributed by atoms with E-state index in [2.05, 4.69) is 15.5 Å². The van der Waals surface area contributed by atoms with E-state index in [0.29, 0.717) is 29.6 Å². The first-order valence-corrected chi connectivity index (χ1v) is 5.93. The number of nitrogens with zero attached hydrogens (tertiary/aromatic N) is 2. The minimum atomic E-state index is -0.422. The summed E-state index contributed by atoms with van der Waals surface area (Å²) in [5, 5.41) is 7.31. The molecule has 90 valence electrons. The summed E-state index contributed by atoms with van der Waals surface area (Å²) in [5.41, 5.74) is 1.89. The fourth-order valence-electron chi connectivity index (χ4n) is 1.22. The molecule has 0 spiro atoms. The first-order valence-electron chi connectivity index (χ1n) is 5.05. The fourth-order valence-corrected chi connectivity index (χ4v) is 1.88. The minimum absolute atomic E-state index is 0.302. The van der Waals surface area contributed by atoms with Crippen LogP contribution in [0.5, 0.6) is 0 Å². The van der Waals surface area contributed by atoms with Crippen molar-refractivity contribution in [1.82, 2.24) is 10.1 Å². The number of hydrogen-bond acceptors (Lipinski definition) is 7. The van der Waals surface area contributed by atoms with Gasteiger partial charge in [0.25, 0.3) is 0 Å². The zero-order chi connectivity index (χ0) is 12.1. The number of thiazole rings is 1. The van der Waals surface area contributed by atoms with Gasteiger partial charge in [-0.05, 0) is 6.92 Å². The lowest BCUT2D eigenvalue weighted by Crippen LogP contribution is -2.08. The third-order valence-corrected chi connectivity index (χ3v) is 2.73. The molecular weight excluding hydrogens is 242 g/mol. The Morgan fingerprint density at radius 3 is 3.24 bits per heavy atom. The fraction of sp³-hybridized carbons (Fsp3) is 0.300. The highest BCUT2D eigenvalue weighted by molar-refractivity contribution is 7.14. The molecule has 2 rings (SSSR count). The van der Waals surface area contributed by atoms with Crippen LogP contribution in [0.3, 0.4) is 0 Å². The van der Waals surface area contributed by atoms with E-state index in [0.717, 1.165) is 0 Å². The number of carbonyl (C=O) groups is 1. The Balaban J connectivity index is 2.01. The summed E-state index contributed by atoms with van der Waals surface area (Å²) < 4.78 is 9.83. The quantitative estimate of drug-likeness (QED) is 0.820. The summed E-state index contributed by atoms with van der Waals surface area (Å²) >= 11 is 1.34. The van der Waals surface area contributed by atoms with Crippen LogP contribution in [0.4, 0.5) is 5.00 Å². The predicted octanol–water partition coefficient (Wildman–Crippen LogP) is 1.92. The molecule has 1 N–H and O–H groups in total. The van der Waals surface area contributed by atoms with Gasteiger partial charge in [0.1, 0.15) is 5.00 Å². The summed E-state index contributed by atoms with van der Waals surface area (Å²) in [6, 6.07) is 1.75. The van der Waals surface area contributed by atoms with Crippen molar-refractivity contribution < 1.29 is 14.1 Å². The van der Waals surface area contributed by atoms with Gasteiger partial charge in [0.2, 0.25) is 0 Å². The number of rotatable bonds is 5. The number of carbonyl (C=O) groups excluding carboxylic acids is 1. The molecule has 0 bridgehead atoms. The van der Waals surface area contributed by atoms with E-state index in [1.54, 1.807) is 24.7 Å². The highest BCUT2D eigenvalue weighted by Crippen LogP contribution is 2.21. The number of esters is 1. The topological polar surface area (TPSA) is 77.2 Å². The van der Waals surface area contributed by atoms with E-state index in [1.165, 1.54) is 11.3 Å². The number of hydrogen-bond donors (Lipinski definition) is 1. The van der Waals surface area contributed by atoms with E-state index in [9.17, 15) is 4.79 Å². The van der Waals surface area contributed by atoms with E-state index >= 15 is 0 Å². The molecular formula is C10H11N3O3S. The second-order valence-corrected chi connectivity index (χ2v) is 3.94. The Bertz CT molecular complexity index is 481. The second-order valence-electron chi connectivity index (χ2n) is 3.08. The Hall–Kier alpha value is -1.89. The van der Waals surface area contributed by atoms with Crippen molar-refractivity contribution in [3.63, 3.8) is 0 Å². The molecule has 0 aliphatic rings. The smallest absolute Gasteiger partial charge is 0.360 e. The average Bonchev–Trinajstić information content (AvgIpc) is 2.98. The Kier molecular flexibility index (Phi) is 3.71. The normalized spacial score (nSPS) is 10.2. The molecule has 2 aromatic heterocycles. The van der Waals surface area contributed by atoms with Gasteiger partial charge in [0.15, 0.2) is 11.5 Å². The summed E-state index contributed by atoms with van der Waals surface area (Å²) in [6.07, 6.45) is 1.57. The Morgan fingerprint density at radius 1 is 1.65 bits per heavy atom. The van der Waals surface area contributed by atoms with Crippen LogP contribution in [0.15, 0.2) is 22.3 Å². The Labute approximate surface area is 102 Å². The van der Waals surface area contributed by atoms with Crippen LogP contribution in [0.2, 0.25) is 0 Å². The zero-order valence-electron chi connectivity index (χ0n) is 9.17. The van der Waals surface area contributed by atoms with Crippen LogP contribution in [-0.2, 0) is 11.3 Å². The van der Waals surface area contributed by atoms with Crippen LogP contribution >= 0.6 is 11.3 Å². The maximum Gasteiger partial charge on any atom is 0.360 e. The molecule has 0 aliphatic carbocycles.